The van der Waals surface area contributed by atoms with Gasteiger partial charge in [0.2, 0.25) is 0 Å². The zero-order chi connectivity index (χ0) is 15.4. The third-order valence-corrected chi connectivity index (χ3v) is 4.95. The van der Waals surface area contributed by atoms with E-state index in [4.69, 9.17) is 0 Å². The molecule has 1 aliphatic rings. The average molecular weight is 291 g/mol. The first-order valence-electron chi connectivity index (χ1n) is 8.46. The van der Waals surface area contributed by atoms with E-state index >= 15 is 0 Å². The van der Waals surface area contributed by atoms with Gasteiger partial charge < -0.3 is 5.32 Å². The van der Waals surface area contributed by atoms with Crippen LogP contribution in [0.25, 0.3) is 0 Å². The molecule has 0 heterocycles. The first kappa shape index (κ1) is 16.5. The molecule has 2 rings (SSSR count). The highest BCUT2D eigenvalue weighted by Crippen LogP contribution is 2.33. The fourth-order valence-electron chi connectivity index (χ4n) is 3.84. The number of hydrogen-bond donors (Lipinski definition) is 1. The van der Waals surface area contributed by atoms with Gasteiger partial charge in [-0.25, -0.2) is 4.39 Å². The van der Waals surface area contributed by atoms with Gasteiger partial charge in [0.1, 0.15) is 5.82 Å². The molecule has 0 aromatic heterocycles. The van der Waals surface area contributed by atoms with Crippen molar-refractivity contribution in [3.05, 3.63) is 35.6 Å². The van der Waals surface area contributed by atoms with Gasteiger partial charge in [0.25, 0.3) is 0 Å². The first-order valence-corrected chi connectivity index (χ1v) is 8.46. The van der Waals surface area contributed by atoms with Gasteiger partial charge in [-0.15, -0.1) is 0 Å². The second-order valence-corrected chi connectivity index (χ2v) is 7.33. The van der Waals surface area contributed by atoms with Crippen molar-refractivity contribution in [3.63, 3.8) is 0 Å². The number of benzene rings is 1. The van der Waals surface area contributed by atoms with Crippen molar-refractivity contribution in [2.75, 3.05) is 0 Å². The SMILES string of the molecule is CC1CCC(C(C)C)C(NC(C)Cc2cccc(F)c2)C1. The van der Waals surface area contributed by atoms with Crippen LogP contribution in [0.1, 0.15) is 52.5 Å². The van der Waals surface area contributed by atoms with Gasteiger partial charge in [-0.3, -0.25) is 0 Å². The lowest BCUT2D eigenvalue weighted by Gasteiger charge is -2.39. The lowest BCUT2D eigenvalue weighted by molar-refractivity contribution is 0.161. The average Bonchev–Trinajstić information content (AvgIpc) is 2.38. The van der Waals surface area contributed by atoms with Crippen molar-refractivity contribution < 1.29 is 4.39 Å². The second kappa shape index (κ2) is 7.40. The predicted molar refractivity (Wildman–Crippen MR) is 87.8 cm³/mol. The van der Waals surface area contributed by atoms with Crippen LogP contribution in [0.2, 0.25) is 0 Å². The van der Waals surface area contributed by atoms with E-state index < -0.39 is 0 Å². The molecule has 1 fully saturated rings. The quantitative estimate of drug-likeness (QED) is 0.821. The van der Waals surface area contributed by atoms with E-state index in [1.807, 2.05) is 6.07 Å². The van der Waals surface area contributed by atoms with E-state index in [0.29, 0.717) is 12.1 Å². The molecule has 1 aliphatic carbocycles. The Morgan fingerprint density at radius 3 is 2.67 bits per heavy atom. The Bertz CT molecular complexity index is 443. The summed E-state index contributed by atoms with van der Waals surface area (Å²) in [5.41, 5.74) is 1.08. The van der Waals surface area contributed by atoms with Gasteiger partial charge >= 0.3 is 0 Å². The van der Waals surface area contributed by atoms with Crippen molar-refractivity contribution in [2.45, 2.75) is 65.5 Å². The van der Waals surface area contributed by atoms with Crippen LogP contribution in [-0.4, -0.2) is 12.1 Å². The molecule has 21 heavy (non-hydrogen) atoms. The van der Waals surface area contributed by atoms with Crippen LogP contribution in [0.4, 0.5) is 4.39 Å². The Kier molecular flexibility index (Phi) is 5.80. The van der Waals surface area contributed by atoms with Gasteiger partial charge in [-0.2, -0.15) is 0 Å². The van der Waals surface area contributed by atoms with Gasteiger partial charge in [0, 0.05) is 12.1 Å². The normalized spacial score (nSPS) is 27.8. The van der Waals surface area contributed by atoms with Crippen LogP contribution in [-0.2, 0) is 6.42 Å². The highest BCUT2D eigenvalue weighted by Gasteiger charge is 2.31. The minimum absolute atomic E-state index is 0.133. The van der Waals surface area contributed by atoms with E-state index in [-0.39, 0.29) is 5.82 Å². The zero-order valence-corrected chi connectivity index (χ0v) is 13.9. The van der Waals surface area contributed by atoms with Crippen molar-refractivity contribution in [3.8, 4) is 0 Å². The molecule has 1 aromatic carbocycles. The van der Waals surface area contributed by atoms with E-state index in [2.05, 4.69) is 33.0 Å². The van der Waals surface area contributed by atoms with Crippen molar-refractivity contribution in [1.29, 1.82) is 0 Å². The summed E-state index contributed by atoms with van der Waals surface area (Å²) >= 11 is 0. The minimum Gasteiger partial charge on any atom is -0.311 e. The molecule has 0 radical (unpaired) electrons. The van der Waals surface area contributed by atoms with Crippen LogP contribution in [0.15, 0.2) is 24.3 Å². The van der Waals surface area contributed by atoms with Crippen LogP contribution in [0.5, 0.6) is 0 Å². The third kappa shape index (κ3) is 4.81. The number of rotatable bonds is 5. The highest BCUT2D eigenvalue weighted by atomic mass is 19.1. The molecule has 1 saturated carbocycles. The van der Waals surface area contributed by atoms with E-state index in [1.54, 1.807) is 12.1 Å². The lowest BCUT2D eigenvalue weighted by atomic mass is 9.73. The molecular formula is C19H30FN. The van der Waals surface area contributed by atoms with Crippen molar-refractivity contribution in [2.24, 2.45) is 17.8 Å². The molecule has 1 aromatic rings. The van der Waals surface area contributed by atoms with Crippen LogP contribution < -0.4 is 5.32 Å². The molecule has 4 atom stereocenters. The third-order valence-electron chi connectivity index (χ3n) is 4.95. The molecule has 118 valence electrons. The first-order chi connectivity index (χ1) is 9.95. The summed E-state index contributed by atoms with van der Waals surface area (Å²) in [4.78, 5) is 0. The fourth-order valence-corrected chi connectivity index (χ4v) is 3.84. The summed E-state index contributed by atoms with van der Waals surface area (Å²) in [6, 6.07) is 7.99. The minimum atomic E-state index is -0.133. The molecule has 0 bridgehead atoms. The molecule has 0 spiro atoms. The molecule has 0 aliphatic heterocycles. The largest absolute Gasteiger partial charge is 0.311 e. The maximum atomic E-state index is 13.3. The molecular weight excluding hydrogens is 261 g/mol. The molecule has 2 heteroatoms. The summed E-state index contributed by atoms with van der Waals surface area (Å²) in [6.07, 6.45) is 4.87. The summed E-state index contributed by atoms with van der Waals surface area (Å²) in [7, 11) is 0. The van der Waals surface area contributed by atoms with E-state index in [9.17, 15) is 4.39 Å². The standard InChI is InChI=1S/C19H30FN/c1-13(2)18-9-8-14(3)10-19(18)21-15(4)11-16-6-5-7-17(20)12-16/h5-7,12-15,18-19,21H,8-11H2,1-4H3. The lowest BCUT2D eigenvalue weighted by Crippen LogP contribution is -2.47. The Morgan fingerprint density at radius 1 is 1.24 bits per heavy atom. The second-order valence-electron chi connectivity index (χ2n) is 7.33. The van der Waals surface area contributed by atoms with Crippen LogP contribution in [0.3, 0.4) is 0 Å². The zero-order valence-electron chi connectivity index (χ0n) is 13.9. The van der Waals surface area contributed by atoms with Crippen molar-refractivity contribution in [1.82, 2.24) is 5.32 Å². The summed E-state index contributed by atoms with van der Waals surface area (Å²) in [6.45, 7) is 9.27. The highest BCUT2D eigenvalue weighted by molar-refractivity contribution is 5.17. The Balaban J connectivity index is 1.94. The summed E-state index contributed by atoms with van der Waals surface area (Å²) in [5.74, 6) is 2.19. The monoisotopic (exact) mass is 291 g/mol. The van der Waals surface area contributed by atoms with Crippen LogP contribution in [0, 0.1) is 23.6 Å². The maximum Gasteiger partial charge on any atom is 0.123 e. The topological polar surface area (TPSA) is 12.0 Å². The van der Waals surface area contributed by atoms with E-state index in [1.165, 1.54) is 25.3 Å². The number of hydrogen-bond acceptors (Lipinski definition) is 1. The maximum absolute atomic E-state index is 13.3. The van der Waals surface area contributed by atoms with Crippen molar-refractivity contribution >= 4 is 0 Å². The number of halogens is 1. The molecule has 0 amide bonds. The molecule has 4 unspecified atom stereocenters. The summed E-state index contributed by atoms with van der Waals surface area (Å²) < 4.78 is 13.3. The Morgan fingerprint density at radius 2 is 2.00 bits per heavy atom. The summed E-state index contributed by atoms with van der Waals surface area (Å²) in [5, 5.41) is 3.83. The van der Waals surface area contributed by atoms with Gasteiger partial charge in [-0.05, 0) is 61.6 Å². The van der Waals surface area contributed by atoms with Crippen LogP contribution >= 0.6 is 0 Å². The van der Waals surface area contributed by atoms with Gasteiger partial charge in [0.05, 0.1) is 0 Å². The molecule has 1 nitrogen and oxygen atoms in total. The number of nitrogens with one attached hydrogen (secondary N) is 1. The van der Waals surface area contributed by atoms with Gasteiger partial charge in [-0.1, -0.05) is 39.3 Å². The molecule has 1 N–H and O–H groups in total. The smallest absolute Gasteiger partial charge is 0.123 e. The fraction of sp³-hybridized carbons (Fsp3) is 0.684. The predicted octanol–water partition coefficient (Wildman–Crippen LogP) is 4.81. The van der Waals surface area contributed by atoms with Gasteiger partial charge in [0.15, 0.2) is 0 Å². The Hall–Kier alpha value is -0.890. The molecule has 0 saturated heterocycles. The Labute approximate surface area is 129 Å². The van der Waals surface area contributed by atoms with E-state index in [0.717, 1.165) is 29.7 Å².